The highest BCUT2D eigenvalue weighted by molar-refractivity contribution is 6.02. The lowest BCUT2D eigenvalue weighted by atomic mass is 9.93. The molecular formula is C18H18O2. The van der Waals surface area contributed by atoms with E-state index in [1.807, 2.05) is 0 Å². The van der Waals surface area contributed by atoms with Crippen LogP contribution in [0.4, 0.5) is 0 Å². The minimum atomic E-state index is -0.0593. The van der Waals surface area contributed by atoms with Gasteiger partial charge in [0.15, 0.2) is 0 Å². The second kappa shape index (κ2) is 5.61. The third-order valence-electron chi connectivity index (χ3n) is 3.74. The van der Waals surface area contributed by atoms with E-state index in [0.717, 1.165) is 0 Å². The Kier molecular flexibility index (Phi) is 3.68. The number of fused-ring (bicyclic) bond motifs is 2. The van der Waals surface area contributed by atoms with Gasteiger partial charge in [-0.3, -0.25) is 0 Å². The zero-order chi connectivity index (χ0) is 13.9. The first-order valence-corrected chi connectivity index (χ1v) is 6.77. The Hall–Kier alpha value is -1.90. The molecule has 0 N–H and O–H groups in total. The molecule has 1 atom stereocenters. The van der Waals surface area contributed by atoms with E-state index in [4.69, 9.17) is 9.47 Å². The maximum atomic E-state index is 5.67. The fourth-order valence-corrected chi connectivity index (χ4v) is 2.82. The van der Waals surface area contributed by atoms with Gasteiger partial charge in [0, 0.05) is 14.2 Å². The highest BCUT2D eigenvalue weighted by Crippen LogP contribution is 2.34. The lowest BCUT2D eigenvalue weighted by molar-refractivity contribution is 0.0292. The maximum absolute atomic E-state index is 5.67. The molecule has 102 valence electrons. The third-order valence-corrected chi connectivity index (χ3v) is 3.74. The third kappa shape index (κ3) is 2.17. The second-order valence-electron chi connectivity index (χ2n) is 4.91. The molecule has 0 aliphatic heterocycles. The van der Waals surface area contributed by atoms with Crippen molar-refractivity contribution in [3.8, 4) is 0 Å². The lowest BCUT2D eigenvalue weighted by Crippen LogP contribution is -2.09. The van der Waals surface area contributed by atoms with Crippen LogP contribution in [0, 0.1) is 0 Å². The molecule has 0 saturated heterocycles. The number of hydrogen-bond donors (Lipinski definition) is 0. The Bertz CT molecular complexity index is 680. The van der Waals surface area contributed by atoms with E-state index in [1.54, 1.807) is 14.2 Å². The number of ether oxygens (including phenoxy) is 2. The van der Waals surface area contributed by atoms with Crippen LogP contribution < -0.4 is 0 Å². The standard InChI is InChI=1S/C18H18O2/c1-19-12-17(20-2)18-15-9-5-3-7-13(15)11-14-8-4-6-10-16(14)18/h3-11,17H,12H2,1-2H3/t17-/m0/s1. The van der Waals surface area contributed by atoms with E-state index in [-0.39, 0.29) is 6.10 Å². The average Bonchev–Trinajstić information content (AvgIpc) is 2.50. The summed E-state index contributed by atoms with van der Waals surface area (Å²) >= 11 is 0. The number of hydrogen-bond acceptors (Lipinski definition) is 2. The smallest absolute Gasteiger partial charge is 0.107 e. The van der Waals surface area contributed by atoms with Gasteiger partial charge in [-0.1, -0.05) is 48.5 Å². The van der Waals surface area contributed by atoms with Crippen molar-refractivity contribution >= 4 is 21.5 Å². The van der Waals surface area contributed by atoms with Gasteiger partial charge in [-0.25, -0.2) is 0 Å². The monoisotopic (exact) mass is 266 g/mol. The highest BCUT2D eigenvalue weighted by Gasteiger charge is 2.17. The van der Waals surface area contributed by atoms with Crippen molar-refractivity contribution < 1.29 is 9.47 Å². The molecule has 3 aromatic carbocycles. The molecule has 0 unspecified atom stereocenters. The van der Waals surface area contributed by atoms with Crippen LogP contribution in [0.15, 0.2) is 54.6 Å². The molecule has 0 fully saturated rings. The summed E-state index contributed by atoms with van der Waals surface area (Å²) < 4.78 is 11.0. The Labute approximate surface area is 118 Å². The van der Waals surface area contributed by atoms with Crippen LogP contribution in [0.25, 0.3) is 21.5 Å². The van der Waals surface area contributed by atoms with Crippen molar-refractivity contribution in [1.82, 2.24) is 0 Å². The van der Waals surface area contributed by atoms with E-state index in [2.05, 4.69) is 54.6 Å². The lowest BCUT2D eigenvalue weighted by Gasteiger charge is -2.19. The van der Waals surface area contributed by atoms with E-state index in [1.165, 1.54) is 27.1 Å². The molecule has 0 bridgehead atoms. The van der Waals surface area contributed by atoms with Crippen molar-refractivity contribution in [1.29, 1.82) is 0 Å². The predicted molar refractivity (Wildman–Crippen MR) is 83.1 cm³/mol. The van der Waals surface area contributed by atoms with Crippen molar-refractivity contribution in [3.63, 3.8) is 0 Å². The van der Waals surface area contributed by atoms with Crippen LogP contribution in [-0.4, -0.2) is 20.8 Å². The Balaban J connectivity index is 2.38. The Morgan fingerprint density at radius 1 is 0.850 bits per heavy atom. The highest BCUT2D eigenvalue weighted by atomic mass is 16.5. The van der Waals surface area contributed by atoms with Crippen LogP contribution >= 0.6 is 0 Å². The summed E-state index contributed by atoms with van der Waals surface area (Å²) in [5, 5.41) is 4.93. The largest absolute Gasteiger partial charge is 0.382 e. The fourth-order valence-electron chi connectivity index (χ4n) is 2.82. The van der Waals surface area contributed by atoms with Crippen LogP contribution in [-0.2, 0) is 9.47 Å². The molecule has 0 amide bonds. The van der Waals surface area contributed by atoms with E-state index in [9.17, 15) is 0 Å². The summed E-state index contributed by atoms with van der Waals surface area (Å²) in [6.07, 6.45) is -0.0593. The second-order valence-corrected chi connectivity index (χ2v) is 4.91. The molecule has 0 heterocycles. The normalized spacial score (nSPS) is 12.9. The minimum absolute atomic E-state index is 0.0593. The summed E-state index contributed by atoms with van der Waals surface area (Å²) in [4.78, 5) is 0. The fraction of sp³-hybridized carbons (Fsp3) is 0.222. The summed E-state index contributed by atoms with van der Waals surface area (Å²) in [5.74, 6) is 0. The molecule has 0 aliphatic rings. The summed E-state index contributed by atoms with van der Waals surface area (Å²) in [6, 6.07) is 19.1. The quantitative estimate of drug-likeness (QED) is 0.654. The van der Waals surface area contributed by atoms with Gasteiger partial charge in [0.1, 0.15) is 6.10 Å². The molecular weight excluding hydrogens is 248 g/mol. The van der Waals surface area contributed by atoms with E-state index >= 15 is 0 Å². The molecule has 0 saturated carbocycles. The molecule has 2 heteroatoms. The zero-order valence-corrected chi connectivity index (χ0v) is 11.8. The number of benzene rings is 3. The number of methoxy groups -OCH3 is 2. The molecule has 3 aromatic rings. The molecule has 0 spiro atoms. The summed E-state index contributed by atoms with van der Waals surface area (Å²) in [6.45, 7) is 0.550. The van der Waals surface area contributed by atoms with Crippen molar-refractivity contribution in [2.24, 2.45) is 0 Å². The van der Waals surface area contributed by atoms with E-state index in [0.29, 0.717) is 6.61 Å². The van der Waals surface area contributed by atoms with Gasteiger partial charge < -0.3 is 9.47 Å². The predicted octanol–water partition coefficient (Wildman–Crippen LogP) is 4.33. The van der Waals surface area contributed by atoms with Gasteiger partial charge in [0.05, 0.1) is 6.61 Å². The molecule has 0 aliphatic carbocycles. The van der Waals surface area contributed by atoms with Gasteiger partial charge in [0.2, 0.25) is 0 Å². The van der Waals surface area contributed by atoms with Crippen molar-refractivity contribution in [2.75, 3.05) is 20.8 Å². The van der Waals surface area contributed by atoms with Crippen LogP contribution in [0.1, 0.15) is 11.7 Å². The Morgan fingerprint density at radius 2 is 1.40 bits per heavy atom. The summed E-state index contributed by atoms with van der Waals surface area (Å²) in [5.41, 5.74) is 1.21. The van der Waals surface area contributed by atoms with Crippen molar-refractivity contribution in [3.05, 3.63) is 60.2 Å². The summed E-state index contributed by atoms with van der Waals surface area (Å²) in [7, 11) is 3.44. The molecule has 3 rings (SSSR count). The zero-order valence-electron chi connectivity index (χ0n) is 11.8. The first-order chi connectivity index (χ1) is 9.85. The van der Waals surface area contributed by atoms with Crippen LogP contribution in [0.2, 0.25) is 0 Å². The van der Waals surface area contributed by atoms with Gasteiger partial charge in [0.25, 0.3) is 0 Å². The topological polar surface area (TPSA) is 18.5 Å². The molecule has 0 aromatic heterocycles. The molecule has 0 radical (unpaired) electrons. The number of rotatable bonds is 4. The Morgan fingerprint density at radius 3 is 1.90 bits per heavy atom. The van der Waals surface area contributed by atoms with Gasteiger partial charge in [-0.15, -0.1) is 0 Å². The first kappa shape index (κ1) is 13.1. The van der Waals surface area contributed by atoms with Gasteiger partial charge in [-0.2, -0.15) is 0 Å². The average molecular weight is 266 g/mol. The van der Waals surface area contributed by atoms with Crippen molar-refractivity contribution in [2.45, 2.75) is 6.10 Å². The minimum Gasteiger partial charge on any atom is -0.382 e. The molecule has 2 nitrogen and oxygen atoms in total. The first-order valence-electron chi connectivity index (χ1n) is 6.77. The SMILES string of the molecule is COC[C@H](OC)c1c2ccccc2cc2ccccc12. The van der Waals surface area contributed by atoms with Crippen LogP contribution in [0.5, 0.6) is 0 Å². The van der Waals surface area contributed by atoms with Crippen LogP contribution in [0.3, 0.4) is 0 Å². The van der Waals surface area contributed by atoms with E-state index < -0.39 is 0 Å². The maximum Gasteiger partial charge on any atom is 0.107 e. The molecule has 20 heavy (non-hydrogen) atoms. The van der Waals surface area contributed by atoms with Gasteiger partial charge in [-0.05, 0) is 33.2 Å². The van der Waals surface area contributed by atoms with Gasteiger partial charge >= 0.3 is 0 Å².